The van der Waals surface area contributed by atoms with Crippen molar-refractivity contribution in [2.75, 3.05) is 5.75 Å². The second-order valence-electron chi connectivity index (χ2n) is 4.54. The van der Waals surface area contributed by atoms with Crippen molar-refractivity contribution in [1.29, 1.82) is 0 Å². The second-order valence-corrected chi connectivity index (χ2v) is 7.85. The molecule has 2 rings (SSSR count). The van der Waals surface area contributed by atoms with E-state index in [-0.39, 0.29) is 11.6 Å². The van der Waals surface area contributed by atoms with Crippen LogP contribution in [0.15, 0.2) is 16.2 Å². The molecule has 3 nitrogen and oxygen atoms in total. The van der Waals surface area contributed by atoms with Crippen LogP contribution in [0.4, 0.5) is 22.0 Å². The summed E-state index contributed by atoms with van der Waals surface area (Å²) < 4.78 is 85.3. The summed E-state index contributed by atoms with van der Waals surface area (Å²) in [5.74, 6) is -2.93. The van der Waals surface area contributed by atoms with Crippen LogP contribution in [-0.4, -0.2) is 19.2 Å². The minimum atomic E-state index is -4.16. The fourth-order valence-corrected chi connectivity index (χ4v) is 4.29. The van der Waals surface area contributed by atoms with Crippen LogP contribution in [-0.2, 0) is 9.84 Å². The fourth-order valence-electron chi connectivity index (χ4n) is 1.67. The molecule has 1 aliphatic carbocycles. The number of nitrogens with zero attached hydrogens (tertiary/aromatic N) is 1. The van der Waals surface area contributed by atoms with E-state index >= 15 is 0 Å². The molecule has 0 amide bonds. The molecule has 118 valence electrons. The molecule has 1 aromatic rings. The summed E-state index contributed by atoms with van der Waals surface area (Å²) in [6, 6.07) is 0. The molecule has 0 radical (unpaired) electrons. The van der Waals surface area contributed by atoms with Crippen LogP contribution in [0.2, 0.25) is 0 Å². The Hall–Kier alpha value is -1.03. The molecule has 0 atom stereocenters. The summed E-state index contributed by atoms with van der Waals surface area (Å²) in [5.41, 5.74) is 0.0567. The van der Waals surface area contributed by atoms with Gasteiger partial charge in [0.05, 0.1) is 16.3 Å². The Morgan fingerprint density at radius 1 is 1.29 bits per heavy atom. The SMILES string of the molecule is O=S(=O)(CCC(F)=C(F)F)c1nc(C2CC2)c(C(F)F)s1. The van der Waals surface area contributed by atoms with E-state index in [1.807, 2.05) is 0 Å². The smallest absolute Gasteiger partial charge is 0.229 e. The van der Waals surface area contributed by atoms with E-state index in [9.17, 15) is 30.4 Å². The molecule has 1 fully saturated rings. The average Bonchev–Trinajstić information content (AvgIpc) is 3.13. The van der Waals surface area contributed by atoms with E-state index < -0.39 is 49.6 Å². The highest BCUT2D eigenvalue weighted by Gasteiger charge is 2.35. The van der Waals surface area contributed by atoms with Crippen LogP contribution in [0.5, 0.6) is 0 Å². The lowest BCUT2D eigenvalue weighted by molar-refractivity contribution is 0.154. The number of thiazole rings is 1. The van der Waals surface area contributed by atoms with Gasteiger partial charge in [0.1, 0.15) is 0 Å². The zero-order valence-electron chi connectivity index (χ0n) is 10.5. The van der Waals surface area contributed by atoms with E-state index in [0.717, 1.165) is 0 Å². The first-order chi connectivity index (χ1) is 9.72. The number of alkyl halides is 2. The van der Waals surface area contributed by atoms with E-state index in [4.69, 9.17) is 0 Å². The maximum atomic E-state index is 12.8. The van der Waals surface area contributed by atoms with Gasteiger partial charge in [-0.05, 0) is 12.8 Å². The highest BCUT2D eigenvalue weighted by molar-refractivity contribution is 7.93. The van der Waals surface area contributed by atoms with E-state index in [1.54, 1.807) is 0 Å². The van der Waals surface area contributed by atoms with Crippen molar-refractivity contribution < 1.29 is 30.4 Å². The summed E-state index contributed by atoms with van der Waals surface area (Å²) in [7, 11) is -4.16. The first-order valence-corrected chi connectivity index (χ1v) is 8.40. The zero-order valence-corrected chi connectivity index (χ0v) is 12.1. The highest BCUT2D eigenvalue weighted by atomic mass is 32.2. The molecule has 10 heteroatoms. The lowest BCUT2D eigenvalue weighted by Crippen LogP contribution is -2.07. The summed E-state index contributed by atoms with van der Waals surface area (Å²) in [6.07, 6.45) is -5.12. The maximum Gasteiger partial charge on any atom is 0.301 e. The molecule has 1 heterocycles. The lowest BCUT2D eigenvalue weighted by atomic mass is 10.2. The van der Waals surface area contributed by atoms with Gasteiger partial charge in [0.2, 0.25) is 14.2 Å². The molecule has 0 bridgehead atoms. The number of rotatable bonds is 6. The van der Waals surface area contributed by atoms with Crippen LogP contribution in [0.25, 0.3) is 0 Å². The Morgan fingerprint density at radius 3 is 2.38 bits per heavy atom. The Bertz CT molecular complexity index is 641. The van der Waals surface area contributed by atoms with Gasteiger partial charge in [-0.15, -0.1) is 11.3 Å². The van der Waals surface area contributed by atoms with Gasteiger partial charge < -0.3 is 0 Å². The molecule has 0 spiro atoms. The fraction of sp³-hybridized carbons (Fsp3) is 0.545. The molecular formula is C11H10F5NO2S2. The van der Waals surface area contributed by atoms with Gasteiger partial charge in [-0.2, -0.15) is 8.78 Å². The van der Waals surface area contributed by atoms with Gasteiger partial charge in [0, 0.05) is 12.3 Å². The molecule has 0 N–H and O–H groups in total. The molecule has 21 heavy (non-hydrogen) atoms. The first-order valence-electron chi connectivity index (χ1n) is 5.93. The standard InChI is InChI=1S/C11H10F5NO2S2/c12-6(9(13)14)3-4-21(18,19)11-17-7(5-1-2-5)8(20-11)10(15)16/h5,10H,1-4H2. The second kappa shape index (κ2) is 5.99. The van der Waals surface area contributed by atoms with E-state index in [1.165, 1.54) is 0 Å². The van der Waals surface area contributed by atoms with Crippen molar-refractivity contribution in [1.82, 2.24) is 4.98 Å². The van der Waals surface area contributed by atoms with Crippen LogP contribution < -0.4 is 0 Å². The Labute approximate surface area is 121 Å². The van der Waals surface area contributed by atoms with Gasteiger partial charge in [0.15, 0.2) is 5.83 Å². The minimum absolute atomic E-state index is 0.0567. The van der Waals surface area contributed by atoms with Crippen molar-refractivity contribution in [3.63, 3.8) is 0 Å². The van der Waals surface area contributed by atoms with Crippen molar-refractivity contribution in [2.24, 2.45) is 0 Å². The summed E-state index contributed by atoms with van der Waals surface area (Å²) >= 11 is 0.328. The van der Waals surface area contributed by atoms with Gasteiger partial charge in [-0.25, -0.2) is 26.6 Å². The van der Waals surface area contributed by atoms with Gasteiger partial charge >= 0.3 is 6.08 Å². The minimum Gasteiger partial charge on any atom is -0.229 e. The third-order valence-corrected chi connectivity index (χ3v) is 6.14. The summed E-state index contributed by atoms with van der Waals surface area (Å²) in [4.78, 5) is 3.30. The largest absolute Gasteiger partial charge is 0.301 e. The predicted molar refractivity (Wildman–Crippen MR) is 66.1 cm³/mol. The molecular weight excluding hydrogens is 337 g/mol. The summed E-state index contributed by atoms with van der Waals surface area (Å²) in [6.45, 7) is 0. The molecule has 0 aliphatic heterocycles. The number of allylic oxidation sites excluding steroid dienone is 1. The average molecular weight is 347 g/mol. The highest BCUT2D eigenvalue weighted by Crippen LogP contribution is 2.46. The van der Waals surface area contributed by atoms with Gasteiger partial charge in [0.25, 0.3) is 6.43 Å². The maximum absolute atomic E-state index is 12.8. The monoisotopic (exact) mass is 347 g/mol. The number of hydrogen-bond donors (Lipinski definition) is 0. The molecule has 0 aromatic carbocycles. The van der Waals surface area contributed by atoms with Crippen molar-refractivity contribution in [3.8, 4) is 0 Å². The van der Waals surface area contributed by atoms with Gasteiger partial charge in [-0.1, -0.05) is 0 Å². The molecule has 1 aliphatic rings. The Morgan fingerprint density at radius 2 is 1.90 bits per heavy atom. The van der Waals surface area contributed by atoms with Crippen LogP contribution in [0, 0.1) is 0 Å². The predicted octanol–water partition coefficient (Wildman–Crippen LogP) is 4.20. The third-order valence-electron chi connectivity index (χ3n) is 2.89. The van der Waals surface area contributed by atoms with Crippen molar-refractivity contribution >= 4 is 21.2 Å². The third kappa shape index (κ3) is 3.79. The number of sulfone groups is 1. The zero-order chi connectivity index (χ0) is 15.8. The molecule has 0 saturated heterocycles. The molecule has 1 saturated carbocycles. The molecule has 0 unspecified atom stereocenters. The topological polar surface area (TPSA) is 47.0 Å². The van der Waals surface area contributed by atoms with Crippen LogP contribution in [0.1, 0.15) is 42.2 Å². The van der Waals surface area contributed by atoms with Gasteiger partial charge in [-0.3, -0.25) is 0 Å². The van der Waals surface area contributed by atoms with E-state index in [0.29, 0.717) is 24.2 Å². The number of halogens is 5. The quantitative estimate of drug-likeness (QED) is 0.725. The van der Waals surface area contributed by atoms with Crippen molar-refractivity contribution in [2.45, 2.75) is 35.9 Å². The Balaban J connectivity index is 2.24. The Kier molecular flexibility index (Phi) is 4.66. The number of hydrogen-bond acceptors (Lipinski definition) is 4. The number of aromatic nitrogens is 1. The molecule has 1 aromatic heterocycles. The van der Waals surface area contributed by atoms with Crippen LogP contribution >= 0.6 is 11.3 Å². The van der Waals surface area contributed by atoms with Crippen molar-refractivity contribution in [3.05, 3.63) is 22.5 Å². The van der Waals surface area contributed by atoms with Crippen LogP contribution in [0.3, 0.4) is 0 Å². The lowest BCUT2D eigenvalue weighted by Gasteiger charge is -1.98. The summed E-state index contributed by atoms with van der Waals surface area (Å²) in [5, 5.41) is 0. The van der Waals surface area contributed by atoms with E-state index in [2.05, 4.69) is 4.98 Å². The normalized spacial score (nSPS) is 15.5. The first kappa shape index (κ1) is 16.3.